The average molecular weight is 772 g/mol. The van der Waals surface area contributed by atoms with Gasteiger partial charge in [0.1, 0.15) is 11.4 Å². The van der Waals surface area contributed by atoms with Gasteiger partial charge in [0.15, 0.2) is 0 Å². The van der Waals surface area contributed by atoms with Crippen molar-refractivity contribution in [2.45, 2.75) is 80.4 Å². The van der Waals surface area contributed by atoms with E-state index in [1.54, 1.807) is 0 Å². The minimum atomic E-state index is -8.68. The number of halogens is 17. The number of methoxy groups -OCH3 is 1. The van der Waals surface area contributed by atoms with Gasteiger partial charge in [-0.2, -0.15) is 74.6 Å². The molecule has 0 amide bonds. The molecule has 0 saturated heterocycles. The molecule has 0 spiro atoms. The Morgan fingerprint density at radius 3 is 1.36 bits per heavy atom. The molecule has 0 radical (unpaired) electrons. The molecule has 2 aromatic heterocycles. The van der Waals surface area contributed by atoms with E-state index in [-0.39, 0.29) is 42.4 Å². The van der Waals surface area contributed by atoms with E-state index in [2.05, 4.69) is 20.6 Å². The quantitative estimate of drug-likeness (QED) is 0.112. The van der Waals surface area contributed by atoms with Crippen LogP contribution >= 0.6 is 0 Å². The van der Waals surface area contributed by atoms with Crippen molar-refractivity contribution in [2.75, 3.05) is 40.1 Å². The SMILES string of the molecule is COCCOCCOCCn1cc(COCc2cn(CCC(F)(F)C(F)(F)C(F)(F)C(F)(F)C(F)(F)C(F)(F)C(F)(F)C(F)(F)F)nn2)nn1. The molecular weight excluding hydrogens is 747 g/mol. The highest BCUT2D eigenvalue weighted by Gasteiger charge is 2.95. The number of aryl methyl sites for hydroxylation is 1. The number of alkyl halides is 17. The van der Waals surface area contributed by atoms with Crippen molar-refractivity contribution in [3.8, 4) is 0 Å². The van der Waals surface area contributed by atoms with E-state index >= 15 is 0 Å². The molecule has 0 aromatic carbocycles. The Balaban J connectivity index is 1.98. The molecule has 0 atom stereocenters. The van der Waals surface area contributed by atoms with Crippen LogP contribution in [0.3, 0.4) is 0 Å². The number of hydrogen-bond acceptors (Lipinski definition) is 8. The van der Waals surface area contributed by atoms with Gasteiger partial charge < -0.3 is 18.9 Å². The van der Waals surface area contributed by atoms with Crippen LogP contribution in [0.5, 0.6) is 0 Å². The molecule has 2 aromatic rings. The monoisotopic (exact) mass is 772 g/mol. The number of ether oxygens (including phenoxy) is 4. The fourth-order valence-corrected chi connectivity index (χ4v) is 3.52. The molecule has 2 rings (SSSR count). The molecule has 0 aliphatic rings. The second-order valence-electron chi connectivity index (χ2n) is 10.1. The highest BCUT2D eigenvalue weighted by atomic mass is 19.4. The third-order valence-corrected chi connectivity index (χ3v) is 6.38. The van der Waals surface area contributed by atoms with Crippen LogP contribution in [0.4, 0.5) is 74.6 Å². The summed E-state index contributed by atoms with van der Waals surface area (Å²) in [6.07, 6.45) is -8.36. The van der Waals surface area contributed by atoms with E-state index in [4.69, 9.17) is 18.9 Å². The summed E-state index contributed by atoms with van der Waals surface area (Å²) in [5.41, 5.74) is 0.0169. The summed E-state index contributed by atoms with van der Waals surface area (Å²) in [6, 6.07) is 0. The molecule has 0 aliphatic heterocycles. The van der Waals surface area contributed by atoms with Crippen LogP contribution < -0.4 is 0 Å². The minimum absolute atomic E-state index is 0.227. The summed E-state index contributed by atoms with van der Waals surface area (Å²) in [5, 5.41) is 14.1. The number of nitrogens with zero attached hydrogens (tertiary/aromatic N) is 6. The molecule has 0 saturated carbocycles. The Labute approximate surface area is 268 Å². The maximum Gasteiger partial charge on any atom is 0.460 e. The standard InChI is InChI=1S/C23H25F17N6O4/c1-47-6-7-49-9-8-48-5-4-46-11-15(42-44-46)13-50-12-14-10-45(43-41-14)3-2-16(24,25)17(26,27)18(28,29)19(30,31)20(32,33)21(34,35)22(36,37)23(38,39)40/h10-11H,2-9,12-13H2,1H3. The lowest BCUT2D eigenvalue weighted by atomic mass is 9.88. The van der Waals surface area contributed by atoms with Gasteiger partial charge in [-0.15, -0.1) is 10.2 Å². The fourth-order valence-electron chi connectivity index (χ4n) is 3.52. The van der Waals surface area contributed by atoms with Gasteiger partial charge in [0.2, 0.25) is 0 Å². The molecule has 27 heteroatoms. The minimum Gasteiger partial charge on any atom is -0.382 e. The lowest BCUT2D eigenvalue weighted by Crippen LogP contribution is -2.74. The average Bonchev–Trinajstić information content (AvgIpc) is 3.65. The van der Waals surface area contributed by atoms with E-state index in [1.165, 1.54) is 18.0 Å². The van der Waals surface area contributed by atoms with Crippen molar-refractivity contribution in [1.82, 2.24) is 30.0 Å². The summed E-state index contributed by atoms with van der Waals surface area (Å²) in [7, 11) is 1.51. The first-order valence-corrected chi connectivity index (χ1v) is 13.4. The molecule has 0 bridgehead atoms. The summed E-state index contributed by atoms with van der Waals surface area (Å²) >= 11 is 0. The zero-order valence-electron chi connectivity index (χ0n) is 25.0. The molecule has 10 nitrogen and oxygen atoms in total. The second kappa shape index (κ2) is 15.7. The van der Waals surface area contributed by atoms with E-state index < -0.39 is 67.2 Å². The molecule has 50 heavy (non-hydrogen) atoms. The Morgan fingerprint density at radius 2 is 0.900 bits per heavy atom. The Hall–Kier alpha value is -3.07. The molecule has 0 unspecified atom stereocenters. The molecule has 290 valence electrons. The Morgan fingerprint density at radius 1 is 0.500 bits per heavy atom. The predicted molar refractivity (Wildman–Crippen MR) is 127 cm³/mol. The van der Waals surface area contributed by atoms with Gasteiger partial charge in [0.05, 0.1) is 65.2 Å². The highest BCUT2D eigenvalue weighted by molar-refractivity contribution is 5.15. The Bertz CT molecular complexity index is 1350. The zero-order chi connectivity index (χ0) is 38.5. The van der Waals surface area contributed by atoms with E-state index in [1.807, 2.05) is 0 Å². The van der Waals surface area contributed by atoms with Crippen LogP contribution in [0, 0.1) is 0 Å². The lowest BCUT2D eigenvalue weighted by Gasteiger charge is -2.42. The topological polar surface area (TPSA) is 98.3 Å². The van der Waals surface area contributed by atoms with Crippen molar-refractivity contribution >= 4 is 0 Å². The second-order valence-corrected chi connectivity index (χ2v) is 10.1. The van der Waals surface area contributed by atoms with E-state index in [9.17, 15) is 74.6 Å². The highest BCUT2D eigenvalue weighted by Crippen LogP contribution is 2.64. The van der Waals surface area contributed by atoms with Gasteiger partial charge in [-0.25, -0.2) is 4.68 Å². The maximum atomic E-state index is 14.2. The lowest BCUT2D eigenvalue weighted by molar-refractivity contribution is -0.461. The Kier molecular flexibility index (Phi) is 13.5. The maximum absolute atomic E-state index is 14.2. The van der Waals surface area contributed by atoms with Crippen LogP contribution in [0.15, 0.2) is 12.4 Å². The first-order chi connectivity index (χ1) is 22.7. The zero-order valence-corrected chi connectivity index (χ0v) is 25.0. The first-order valence-electron chi connectivity index (χ1n) is 13.4. The van der Waals surface area contributed by atoms with Gasteiger partial charge in [-0.3, -0.25) is 4.68 Å². The van der Waals surface area contributed by atoms with Gasteiger partial charge >= 0.3 is 47.6 Å². The van der Waals surface area contributed by atoms with Crippen LogP contribution in [-0.2, 0) is 45.3 Å². The van der Waals surface area contributed by atoms with Crippen molar-refractivity contribution in [3.63, 3.8) is 0 Å². The molecule has 0 aliphatic carbocycles. The van der Waals surface area contributed by atoms with Gasteiger partial charge in [0, 0.05) is 20.1 Å². The normalized spacial score (nSPS) is 14.5. The van der Waals surface area contributed by atoms with Crippen LogP contribution in [0.2, 0.25) is 0 Å². The molecule has 0 N–H and O–H groups in total. The predicted octanol–water partition coefficient (Wildman–Crippen LogP) is 5.67. The van der Waals surface area contributed by atoms with E-state index in [0.717, 1.165) is 0 Å². The van der Waals surface area contributed by atoms with E-state index in [0.29, 0.717) is 26.0 Å². The molecular formula is C23H25F17N6O4. The van der Waals surface area contributed by atoms with Crippen molar-refractivity contribution in [3.05, 3.63) is 23.8 Å². The summed E-state index contributed by atoms with van der Waals surface area (Å²) in [4.78, 5) is 0. The van der Waals surface area contributed by atoms with Crippen molar-refractivity contribution < 1.29 is 93.6 Å². The number of rotatable bonds is 22. The van der Waals surface area contributed by atoms with Crippen LogP contribution in [0.25, 0.3) is 0 Å². The van der Waals surface area contributed by atoms with Crippen molar-refractivity contribution in [2.24, 2.45) is 0 Å². The smallest absolute Gasteiger partial charge is 0.382 e. The first kappa shape index (κ1) is 43.1. The van der Waals surface area contributed by atoms with Gasteiger partial charge in [-0.1, -0.05) is 10.4 Å². The van der Waals surface area contributed by atoms with Gasteiger partial charge in [0.25, 0.3) is 0 Å². The molecule has 0 fully saturated rings. The number of hydrogen-bond donors (Lipinski definition) is 0. The van der Waals surface area contributed by atoms with Gasteiger partial charge in [-0.05, 0) is 0 Å². The largest absolute Gasteiger partial charge is 0.460 e. The molecule has 2 heterocycles. The summed E-state index contributed by atoms with van der Waals surface area (Å²) in [6.45, 7) is -0.429. The van der Waals surface area contributed by atoms with Crippen molar-refractivity contribution in [1.29, 1.82) is 0 Å². The number of aromatic nitrogens is 6. The fraction of sp³-hybridized carbons (Fsp3) is 0.826. The third kappa shape index (κ3) is 8.68. The summed E-state index contributed by atoms with van der Waals surface area (Å²) < 4.78 is 250. The van der Waals surface area contributed by atoms with Crippen LogP contribution in [-0.4, -0.2) is 118 Å². The third-order valence-electron chi connectivity index (χ3n) is 6.38. The van der Waals surface area contributed by atoms with Crippen LogP contribution in [0.1, 0.15) is 17.8 Å². The summed E-state index contributed by atoms with van der Waals surface area (Å²) in [5.74, 6) is -56.7.